The Morgan fingerprint density at radius 1 is 1.27 bits per heavy atom. The van der Waals surface area contributed by atoms with Crippen LogP contribution >= 0.6 is 11.6 Å². The number of pyridine rings is 1. The number of rotatable bonds is 3. The summed E-state index contributed by atoms with van der Waals surface area (Å²) in [4.78, 5) is 23.3. The van der Waals surface area contributed by atoms with Crippen LogP contribution < -0.4 is 5.43 Å². The zero-order chi connectivity index (χ0) is 15.7. The number of furan rings is 1. The summed E-state index contributed by atoms with van der Waals surface area (Å²) in [6.45, 7) is 0.345. The maximum atomic E-state index is 11.9. The van der Waals surface area contributed by atoms with Gasteiger partial charge in [-0.25, -0.2) is 4.79 Å². The summed E-state index contributed by atoms with van der Waals surface area (Å²) in [6.07, 6.45) is 1.65. The molecule has 2 aromatic heterocycles. The van der Waals surface area contributed by atoms with Gasteiger partial charge in [-0.2, -0.15) is 0 Å². The highest BCUT2D eigenvalue weighted by molar-refractivity contribution is 6.35. The number of halogens is 1. The Morgan fingerprint density at radius 3 is 2.86 bits per heavy atom. The van der Waals surface area contributed by atoms with Crippen LogP contribution in [0.1, 0.15) is 16.3 Å². The van der Waals surface area contributed by atoms with Gasteiger partial charge in [-0.1, -0.05) is 17.7 Å². The van der Waals surface area contributed by atoms with Gasteiger partial charge in [-0.3, -0.25) is 4.79 Å². The molecular formula is C16H12ClNO4. The van der Waals surface area contributed by atoms with E-state index in [1.54, 1.807) is 41.1 Å². The summed E-state index contributed by atoms with van der Waals surface area (Å²) in [7, 11) is 1.29. The summed E-state index contributed by atoms with van der Waals surface area (Å²) in [5.41, 5.74) is 0.538. The Balaban J connectivity index is 2.05. The second-order valence-electron chi connectivity index (χ2n) is 4.70. The largest absolute Gasteiger partial charge is 0.463 e. The lowest BCUT2D eigenvalue weighted by Gasteiger charge is -2.10. The van der Waals surface area contributed by atoms with Gasteiger partial charge in [0, 0.05) is 17.6 Å². The standard InChI is InChI=1S/C16H12ClNO4/c1-21-16(20)14-6-5-10(22-14)9-18-8-7-13(19)11-3-2-4-12(17)15(11)18/h2-8H,9H2,1H3. The lowest BCUT2D eigenvalue weighted by Crippen LogP contribution is -2.09. The summed E-state index contributed by atoms with van der Waals surface area (Å²) < 4.78 is 11.9. The normalized spacial score (nSPS) is 10.8. The van der Waals surface area contributed by atoms with E-state index in [1.807, 2.05) is 0 Å². The Morgan fingerprint density at radius 2 is 2.09 bits per heavy atom. The van der Waals surface area contributed by atoms with Gasteiger partial charge in [0.15, 0.2) is 5.43 Å². The molecule has 0 aliphatic heterocycles. The molecule has 0 amide bonds. The van der Waals surface area contributed by atoms with E-state index in [1.165, 1.54) is 13.2 Å². The molecule has 3 aromatic rings. The maximum absolute atomic E-state index is 11.9. The first-order valence-electron chi connectivity index (χ1n) is 6.55. The molecule has 112 valence electrons. The molecular weight excluding hydrogens is 306 g/mol. The molecule has 0 unspecified atom stereocenters. The van der Waals surface area contributed by atoms with Crippen LogP contribution in [0.4, 0.5) is 0 Å². The van der Waals surface area contributed by atoms with Gasteiger partial charge in [-0.05, 0) is 24.3 Å². The van der Waals surface area contributed by atoms with Crippen LogP contribution in [0, 0.1) is 0 Å². The molecule has 0 spiro atoms. The number of benzene rings is 1. The van der Waals surface area contributed by atoms with Crippen molar-refractivity contribution in [3.63, 3.8) is 0 Å². The van der Waals surface area contributed by atoms with E-state index in [9.17, 15) is 9.59 Å². The molecule has 0 aliphatic carbocycles. The van der Waals surface area contributed by atoms with E-state index in [0.29, 0.717) is 28.2 Å². The predicted octanol–water partition coefficient (Wildman–Crippen LogP) is 3.08. The Labute approximate surface area is 130 Å². The molecule has 5 nitrogen and oxygen atoms in total. The van der Waals surface area contributed by atoms with E-state index >= 15 is 0 Å². The number of hydrogen-bond donors (Lipinski definition) is 0. The van der Waals surface area contributed by atoms with Crippen molar-refractivity contribution in [2.75, 3.05) is 7.11 Å². The molecule has 0 saturated carbocycles. The van der Waals surface area contributed by atoms with Crippen molar-refractivity contribution in [3.8, 4) is 0 Å². The van der Waals surface area contributed by atoms with Crippen LogP contribution in [0.3, 0.4) is 0 Å². The average molecular weight is 318 g/mol. The minimum Gasteiger partial charge on any atom is -0.463 e. The highest BCUT2D eigenvalue weighted by Crippen LogP contribution is 2.22. The minimum atomic E-state index is -0.533. The van der Waals surface area contributed by atoms with Crippen molar-refractivity contribution in [1.82, 2.24) is 4.57 Å². The van der Waals surface area contributed by atoms with Crippen LogP contribution in [-0.2, 0) is 11.3 Å². The maximum Gasteiger partial charge on any atom is 0.373 e. The molecule has 0 aliphatic rings. The zero-order valence-electron chi connectivity index (χ0n) is 11.7. The molecule has 0 radical (unpaired) electrons. The SMILES string of the molecule is COC(=O)c1ccc(Cn2ccc(=O)c3cccc(Cl)c32)o1. The molecule has 3 rings (SSSR count). The van der Waals surface area contributed by atoms with E-state index in [-0.39, 0.29) is 11.2 Å². The monoisotopic (exact) mass is 317 g/mol. The molecule has 0 saturated heterocycles. The lowest BCUT2D eigenvalue weighted by molar-refractivity contribution is 0.0563. The highest BCUT2D eigenvalue weighted by Gasteiger charge is 2.13. The third kappa shape index (κ3) is 2.51. The molecule has 0 N–H and O–H groups in total. The average Bonchev–Trinajstić information content (AvgIpc) is 2.98. The number of hydrogen-bond acceptors (Lipinski definition) is 4. The van der Waals surface area contributed by atoms with Crippen molar-refractivity contribution in [1.29, 1.82) is 0 Å². The molecule has 2 heterocycles. The molecule has 1 aromatic carbocycles. The number of methoxy groups -OCH3 is 1. The summed E-state index contributed by atoms with van der Waals surface area (Å²) in [5, 5.41) is 1.02. The minimum absolute atomic E-state index is 0.0940. The fourth-order valence-corrected chi connectivity index (χ4v) is 2.58. The van der Waals surface area contributed by atoms with Crippen molar-refractivity contribution >= 4 is 28.5 Å². The van der Waals surface area contributed by atoms with Gasteiger partial charge in [-0.15, -0.1) is 0 Å². The van der Waals surface area contributed by atoms with Crippen LogP contribution in [0.25, 0.3) is 10.9 Å². The summed E-state index contributed by atoms with van der Waals surface area (Å²) in [6, 6.07) is 9.89. The molecule has 22 heavy (non-hydrogen) atoms. The van der Waals surface area contributed by atoms with Gasteiger partial charge in [0.25, 0.3) is 0 Å². The molecule has 0 bridgehead atoms. The first-order chi connectivity index (χ1) is 10.6. The second kappa shape index (κ2) is 5.69. The van der Waals surface area contributed by atoms with Gasteiger partial charge in [0.2, 0.25) is 5.76 Å². The number of nitrogens with zero attached hydrogens (tertiary/aromatic N) is 1. The summed E-state index contributed by atoms with van der Waals surface area (Å²) in [5.74, 6) is 0.160. The zero-order valence-corrected chi connectivity index (χ0v) is 12.5. The quantitative estimate of drug-likeness (QED) is 0.696. The van der Waals surface area contributed by atoms with E-state index in [0.717, 1.165) is 0 Å². The van der Waals surface area contributed by atoms with Gasteiger partial charge < -0.3 is 13.7 Å². The molecule has 0 atom stereocenters. The Kier molecular flexibility index (Phi) is 3.73. The smallest absolute Gasteiger partial charge is 0.373 e. The van der Waals surface area contributed by atoms with Crippen molar-refractivity contribution < 1.29 is 13.9 Å². The number of carbonyl (C=O) groups is 1. The number of para-hydroxylation sites is 1. The Bertz CT molecular complexity index is 910. The van der Waals surface area contributed by atoms with Crippen LogP contribution in [-0.4, -0.2) is 17.6 Å². The van der Waals surface area contributed by atoms with Gasteiger partial charge in [0.1, 0.15) is 5.76 Å². The number of esters is 1. The number of carbonyl (C=O) groups excluding carboxylic acids is 1. The van der Waals surface area contributed by atoms with E-state index in [2.05, 4.69) is 4.74 Å². The fraction of sp³-hybridized carbons (Fsp3) is 0.125. The highest BCUT2D eigenvalue weighted by atomic mass is 35.5. The topological polar surface area (TPSA) is 61.4 Å². The van der Waals surface area contributed by atoms with Crippen molar-refractivity contribution in [2.24, 2.45) is 0 Å². The number of aromatic nitrogens is 1. The van der Waals surface area contributed by atoms with Crippen molar-refractivity contribution in [3.05, 3.63) is 69.4 Å². The molecule has 6 heteroatoms. The first kappa shape index (κ1) is 14.4. The van der Waals surface area contributed by atoms with E-state index < -0.39 is 5.97 Å². The Hall–Kier alpha value is -2.53. The van der Waals surface area contributed by atoms with Gasteiger partial charge in [0.05, 0.1) is 24.2 Å². The second-order valence-corrected chi connectivity index (χ2v) is 5.11. The first-order valence-corrected chi connectivity index (χ1v) is 6.92. The number of fused-ring (bicyclic) bond motifs is 1. The van der Waals surface area contributed by atoms with E-state index in [4.69, 9.17) is 16.0 Å². The number of ether oxygens (including phenoxy) is 1. The third-order valence-corrected chi connectivity index (χ3v) is 3.62. The van der Waals surface area contributed by atoms with Crippen LogP contribution in [0.2, 0.25) is 5.02 Å². The van der Waals surface area contributed by atoms with Crippen LogP contribution in [0.5, 0.6) is 0 Å². The van der Waals surface area contributed by atoms with Gasteiger partial charge >= 0.3 is 5.97 Å². The van der Waals surface area contributed by atoms with Crippen molar-refractivity contribution in [2.45, 2.75) is 6.54 Å². The summed E-state index contributed by atoms with van der Waals surface area (Å²) >= 11 is 6.21. The molecule has 0 fully saturated rings. The predicted molar refractivity (Wildman–Crippen MR) is 82.4 cm³/mol. The third-order valence-electron chi connectivity index (χ3n) is 3.32. The lowest BCUT2D eigenvalue weighted by atomic mass is 10.2. The van der Waals surface area contributed by atoms with Crippen LogP contribution in [0.15, 0.2) is 51.8 Å². The fourth-order valence-electron chi connectivity index (χ4n) is 2.30.